The summed E-state index contributed by atoms with van der Waals surface area (Å²) in [5, 5.41) is 2.99. The van der Waals surface area contributed by atoms with Gasteiger partial charge in [0.2, 0.25) is 0 Å². The lowest BCUT2D eigenvalue weighted by molar-refractivity contribution is -0.141. The topological polar surface area (TPSA) is 73.6 Å². The van der Waals surface area contributed by atoms with Gasteiger partial charge in [-0.2, -0.15) is 0 Å². The number of esters is 1. The van der Waals surface area contributed by atoms with Crippen molar-refractivity contribution in [2.45, 2.75) is 32.9 Å². The predicted octanol–water partition coefficient (Wildman–Crippen LogP) is 2.03. The molecule has 1 rings (SSSR count). The van der Waals surface area contributed by atoms with Crippen molar-refractivity contribution in [1.29, 1.82) is 0 Å². The Hall–Kier alpha value is -1.91. The van der Waals surface area contributed by atoms with Crippen LogP contribution in [0.25, 0.3) is 0 Å². The number of nitrogens with two attached hydrogens (primary N) is 1. The first kappa shape index (κ1) is 14.2. The van der Waals surface area contributed by atoms with Crippen molar-refractivity contribution in [3.63, 3.8) is 0 Å². The summed E-state index contributed by atoms with van der Waals surface area (Å²) in [4.78, 5) is 11.3. The Kier molecular flexibility index (Phi) is 4.83. The van der Waals surface area contributed by atoms with Crippen LogP contribution in [0.4, 0.5) is 11.4 Å². The number of nitrogens with one attached hydrogen (secondary N) is 1. The molecule has 100 valence electrons. The highest BCUT2D eigenvalue weighted by atomic mass is 16.5. The summed E-state index contributed by atoms with van der Waals surface area (Å²) >= 11 is 0. The molecule has 0 amide bonds. The van der Waals surface area contributed by atoms with Crippen molar-refractivity contribution in [2.24, 2.45) is 0 Å². The van der Waals surface area contributed by atoms with E-state index in [1.165, 1.54) is 7.11 Å². The molecule has 18 heavy (non-hydrogen) atoms. The van der Waals surface area contributed by atoms with Gasteiger partial charge >= 0.3 is 5.97 Å². The van der Waals surface area contributed by atoms with E-state index >= 15 is 0 Å². The number of hydrogen-bond donors (Lipinski definition) is 2. The zero-order chi connectivity index (χ0) is 13.7. The van der Waals surface area contributed by atoms with E-state index in [0.717, 1.165) is 0 Å². The maximum atomic E-state index is 11.3. The van der Waals surface area contributed by atoms with Crippen molar-refractivity contribution in [3.05, 3.63) is 18.2 Å². The SMILES string of the molecule is COC(=O)C(C)Nc1cccc(OC(C)C)c1N. The normalized spacial score (nSPS) is 12.1. The molecular weight excluding hydrogens is 232 g/mol. The Bertz CT molecular complexity index is 419. The fraction of sp³-hybridized carbons (Fsp3) is 0.462. The number of ether oxygens (including phenoxy) is 2. The van der Waals surface area contributed by atoms with E-state index in [2.05, 4.69) is 10.1 Å². The minimum Gasteiger partial charge on any atom is -0.489 e. The Morgan fingerprint density at radius 2 is 2.00 bits per heavy atom. The van der Waals surface area contributed by atoms with E-state index in [1.807, 2.05) is 19.9 Å². The number of anilines is 2. The maximum Gasteiger partial charge on any atom is 0.327 e. The molecule has 1 unspecified atom stereocenters. The first-order valence-corrected chi connectivity index (χ1v) is 5.85. The number of nitrogen functional groups attached to an aromatic ring is 1. The molecule has 1 atom stereocenters. The Morgan fingerprint density at radius 1 is 1.33 bits per heavy atom. The van der Waals surface area contributed by atoms with E-state index in [0.29, 0.717) is 17.1 Å². The van der Waals surface area contributed by atoms with Gasteiger partial charge in [-0.05, 0) is 32.9 Å². The number of rotatable bonds is 5. The van der Waals surface area contributed by atoms with Gasteiger partial charge in [0.1, 0.15) is 11.8 Å². The van der Waals surface area contributed by atoms with E-state index in [4.69, 9.17) is 10.5 Å². The molecule has 0 aliphatic heterocycles. The zero-order valence-electron chi connectivity index (χ0n) is 11.2. The molecule has 1 aromatic rings. The molecule has 0 radical (unpaired) electrons. The molecular formula is C13H20N2O3. The summed E-state index contributed by atoms with van der Waals surface area (Å²) in [6.07, 6.45) is 0.0422. The van der Waals surface area contributed by atoms with E-state index in [1.54, 1.807) is 19.1 Å². The fourth-order valence-corrected chi connectivity index (χ4v) is 1.50. The second-order valence-corrected chi connectivity index (χ2v) is 4.27. The second-order valence-electron chi connectivity index (χ2n) is 4.27. The minimum absolute atomic E-state index is 0.0422. The van der Waals surface area contributed by atoms with Crippen LogP contribution in [0.1, 0.15) is 20.8 Å². The van der Waals surface area contributed by atoms with Gasteiger partial charge < -0.3 is 20.5 Å². The third-order valence-electron chi connectivity index (χ3n) is 2.36. The number of carbonyl (C=O) groups excluding carboxylic acids is 1. The maximum absolute atomic E-state index is 11.3. The molecule has 0 heterocycles. The minimum atomic E-state index is -0.466. The molecule has 0 saturated heterocycles. The second kappa shape index (κ2) is 6.14. The molecule has 0 fully saturated rings. The van der Waals surface area contributed by atoms with Crippen LogP contribution < -0.4 is 15.8 Å². The Morgan fingerprint density at radius 3 is 2.56 bits per heavy atom. The number of benzene rings is 1. The monoisotopic (exact) mass is 252 g/mol. The number of para-hydroxylation sites is 1. The van der Waals surface area contributed by atoms with Crippen molar-refractivity contribution in [2.75, 3.05) is 18.2 Å². The van der Waals surface area contributed by atoms with Gasteiger partial charge in [-0.15, -0.1) is 0 Å². The average molecular weight is 252 g/mol. The van der Waals surface area contributed by atoms with Crippen LogP contribution in [-0.2, 0) is 9.53 Å². The summed E-state index contributed by atoms with van der Waals surface area (Å²) in [7, 11) is 1.35. The quantitative estimate of drug-likeness (QED) is 0.619. The highest BCUT2D eigenvalue weighted by molar-refractivity contribution is 5.82. The average Bonchev–Trinajstić information content (AvgIpc) is 2.32. The van der Waals surface area contributed by atoms with E-state index < -0.39 is 6.04 Å². The lowest BCUT2D eigenvalue weighted by Gasteiger charge is -2.18. The van der Waals surface area contributed by atoms with Crippen LogP contribution in [-0.4, -0.2) is 25.2 Å². The van der Waals surface area contributed by atoms with Crippen LogP contribution in [0.5, 0.6) is 5.75 Å². The molecule has 1 aromatic carbocycles. The largest absolute Gasteiger partial charge is 0.489 e. The van der Waals surface area contributed by atoms with Crippen LogP contribution in [0.2, 0.25) is 0 Å². The fourth-order valence-electron chi connectivity index (χ4n) is 1.50. The molecule has 3 N–H and O–H groups in total. The van der Waals surface area contributed by atoms with Crippen molar-refractivity contribution >= 4 is 17.3 Å². The predicted molar refractivity (Wildman–Crippen MR) is 71.7 cm³/mol. The molecule has 5 heteroatoms. The molecule has 0 spiro atoms. The van der Waals surface area contributed by atoms with E-state index in [9.17, 15) is 4.79 Å². The molecule has 5 nitrogen and oxygen atoms in total. The molecule has 0 bridgehead atoms. The zero-order valence-corrected chi connectivity index (χ0v) is 11.2. The molecule has 0 saturated carbocycles. The van der Waals surface area contributed by atoms with Gasteiger partial charge in [0.25, 0.3) is 0 Å². The van der Waals surface area contributed by atoms with E-state index in [-0.39, 0.29) is 12.1 Å². The number of carbonyl (C=O) groups is 1. The van der Waals surface area contributed by atoms with Gasteiger partial charge in [-0.3, -0.25) is 0 Å². The number of methoxy groups -OCH3 is 1. The van der Waals surface area contributed by atoms with Gasteiger partial charge in [-0.1, -0.05) is 6.07 Å². The summed E-state index contributed by atoms with van der Waals surface area (Å²) in [5.41, 5.74) is 7.13. The molecule has 0 aromatic heterocycles. The third kappa shape index (κ3) is 3.55. The summed E-state index contributed by atoms with van der Waals surface area (Å²) in [6, 6.07) is 4.94. The van der Waals surface area contributed by atoms with Crippen LogP contribution in [0, 0.1) is 0 Å². The van der Waals surface area contributed by atoms with Gasteiger partial charge in [0, 0.05) is 0 Å². The first-order chi connectivity index (χ1) is 8.45. The highest BCUT2D eigenvalue weighted by Gasteiger charge is 2.15. The third-order valence-corrected chi connectivity index (χ3v) is 2.36. The van der Waals surface area contributed by atoms with Crippen LogP contribution in [0.3, 0.4) is 0 Å². The lowest BCUT2D eigenvalue weighted by Crippen LogP contribution is -2.27. The summed E-state index contributed by atoms with van der Waals surface area (Å²) < 4.78 is 10.2. The molecule has 0 aliphatic rings. The smallest absolute Gasteiger partial charge is 0.327 e. The summed E-state index contributed by atoms with van der Waals surface area (Å²) in [6.45, 7) is 5.56. The van der Waals surface area contributed by atoms with Crippen LogP contribution in [0.15, 0.2) is 18.2 Å². The van der Waals surface area contributed by atoms with Crippen LogP contribution >= 0.6 is 0 Å². The van der Waals surface area contributed by atoms with Gasteiger partial charge in [0.05, 0.1) is 24.6 Å². The van der Waals surface area contributed by atoms with Gasteiger partial charge in [-0.25, -0.2) is 4.79 Å². The lowest BCUT2D eigenvalue weighted by atomic mass is 10.2. The number of hydrogen-bond acceptors (Lipinski definition) is 5. The van der Waals surface area contributed by atoms with Crippen molar-refractivity contribution in [3.8, 4) is 5.75 Å². The molecule has 0 aliphatic carbocycles. The highest BCUT2D eigenvalue weighted by Crippen LogP contribution is 2.30. The Balaban J connectivity index is 2.87. The van der Waals surface area contributed by atoms with Crippen molar-refractivity contribution < 1.29 is 14.3 Å². The summed E-state index contributed by atoms with van der Waals surface area (Å²) in [5.74, 6) is 0.261. The Labute approximate surface area is 107 Å². The van der Waals surface area contributed by atoms with Crippen molar-refractivity contribution in [1.82, 2.24) is 0 Å². The van der Waals surface area contributed by atoms with Gasteiger partial charge in [0.15, 0.2) is 0 Å². The first-order valence-electron chi connectivity index (χ1n) is 5.85. The standard InChI is InChI=1S/C13H20N2O3/c1-8(2)18-11-7-5-6-10(12(11)14)15-9(3)13(16)17-4/h5-9,15H,14H2,1-4H3.